The van der Waals surface area contributed by atoms with Crippen molar-refractivity contribution in [3.63, 3.8) is 0 Å². The number of amides is 1. The molecule has 22 heavy (non-hydrogen) atoms. The lowest BCUT2D eigenvalue weighted by atomic mass is 10.1. The van der Waals surface area contributed by atoms with Crippen LogP contribution in [-0.4, -0.2) is 18.2 Å². The summed E-state index contributed by atoms with van der Waals surface area (Å²) in [7, 11) is 0. The predicted molar refractivity (Wildman–Crippen MR) is 74.2 cm³/mol. The molecule has 1 aromatic rings. The highest BCUT2D eigenvalue weighted by Crippen LogP contribution is 2.20. The van der Waals surface area contributed by atoms with E-state index in [1.807, 2.05) is 0 Å². The Bertz CT molecular complexity index is 554. The highest BCUT2D eigenvalue weighted by atomic mass is 19.2. The molecule has 1 N–H and O–H groups in total. The molecule has 0 aliphatic heterocycles. The molecular formula is C15H17F4NO2. The number of ether oxygens (including phenoxy) is 1. The van der Waals surface area contributed by atoms with Gasteiger partial charge in [0, 0.05) is 12.6 Å². The fraction of sp³-hybridized carbons (Fsp3) is 0.400. The van der Waals surface area contributed by atoms with Gasteiger partial charge in [0.05, 0.1) is 5.56 Å². The molecule has 0 atom stereocenters. The van der Waals surface area contributed by atoms with E-state index in [9.17, 15) is 22.4 Å². The zero-order chi connectivity index (χ0) is 16.9. The minimum absolute atomic E-state index is 0.145. The van der Waals surface area contributed by atoms with Crippen LogP contribution >= 0.6 is 0 Å². The van der Waals surface area contributed by atoms with Crippen LogP contribution in [0.2, 0.25) is 0 Å². The third-order valence-electron chi connectivity index (χ3n) is 2.41. The van der Waals surface area contributed by atoms with Crippen LogP contribution in [0.3, 0.4) is 0 Å². The molecular weight excluding hydrogens is 302 g/mol. The first-order valence-electron chi connectivity index (χ1n) is 6.58. The minimum atomic E-state index is -1.47. The van der Waals surface area contributed by atoms with Gasteiger partial charge in [-0.1, -0.05) is 12.2 Å². The number of rotatable bonds is 4. The predicted octanol–water partition coefficient (Wildman–Crippen LogP) is 4.17. The summed E-state index contributed by atoms with van der Waals surface area (Å²) in [4.78, 5) is 11.3. The molecule has 7 heteroatoms. The normalized spacial score (nSPS) is 11.8. The maximum absolute atomic E-state index is 13.3. The molecule has 0 aliphatic carbocycles. The summed E-state index contributed by atoms with van der Waals surface area (Å²) in [5, 5.41) is 2.43. The summed E-state index contributed by atoms with van der Waals surface area (Å²) in [6.45, 7) is 5.26. The van der Waals surface area contributed by atoms with Crippen molar-refractivity contribution in [1.82, 2.24) is 5.32 Å². The molecule has 0 bridgehead atoms. The second-order valence-electron chi connectivity index (χ2n) is 5.50. The lowest BCUT2D eigenvalue weighted by Gasteiger charge is -2.19. The number of hydrogen-bond donors (Lipinski definition) is 1. The number of carbonyl (C=O) groups excluding carboxylic acids is 1. The van der Waals surface area contributed by atoms with Crippen LogP contribution in [0.4, 0.5) is 22.4 Å². The van der Waals surface area contributed by atoms with E-state index in [1.165, 1.54) is 6.08 Å². The number of nitrogens with one attached hydrogen (secondary N) is 1. The molecule has 0 aromatic heterocycles. The quantitative estimate of drug-likeness (QED) is 0.514. The average molecular weight is 319 g/mol. The molecule has 1 amide bonds. The van der Waals surface area contributed by atoms with Crippen molar-refractivity contribution >= 4 is 12.2 Å². The summed E-state index contributed by atoms with van der Waals surface area (Å²) in [5.41, 5.74) is -1.43. The molecule has 1 rings (SSSR count). The molecule has 0 radical (unpaired) electrons. The van der Waals surface area contributed by atoms with Gasteiger partial charge in [-0.15, -0.1) is 0 Å². The van der Waals surface area contributed by atoms with Crippen LogP contribution in [0, 0.1) is 23.3 Å². The highest BCUT2D eigenvalue weighted by Gasteiger charge is 2.17. The van der Waals surface area contributed by atoms with Crippen LogP contribution < -0.4 is 5.32 Å². The van der Waals surface area contributed by atoms with Gasteiger partial charge in [0.15, 0.2) is 23.3 Å². The second kappa shape index (κ2) is 7.29. The SMILES string of the molecule is CC(C)(C)OC(=O)NCCC=Cc1c(F)c(F)cc(F)c1F. The Morgan fingerprint density at radius 1 is 1.18 bits per heavy atom. The van der Waals surface area contributed by atoms with E-state index in [-0.39, 0.29) is 19.0 Å². The highest BCUT2D eigenvalue weighted by molar-refractivity contribution is 5.67. The Hall–Kier alpha value is -2.05. The Morgan fingerprint density at radius 3 is 2.23 bits per heavy atom. The van der Waals surface area contributed by atoms with E-state index in [1.54, 1.807) is 20.8 Å². The molecule has 0 fully saturated rings. The molecule has 0 saturated carbocycles. The fourth-order valence-electron chi connectivity index (χ4n) is 1.51. The van der Waals surface area contributed by atoms with Gasteiger partial charge >= 0.3 is 6.09 Å². The summed E-state index contributed by atoms with van der Waals surface area (Å²) in [5.74, 6) is -5.86. The number of halogens is 4. The van der Waals surface area contributed by atoms with Crippen molar-refractivity contribution < 1.29 is 27.1 Å². The topological polar surface area (TPSA) is 38.3 Å². The lowest BCUT2D eigenvalue weighted by molar-refractivity contribution is 0.0529. The molecule has 0 spiro atoms. The lowest BCUT2D eigenvalue weighted by Crippen LogP contribution is -2.32. The molecule has 0 aliphatic rings. The second-order valence-corrected chi connectivity index (χ2v) is 5.50. The van der Waals surface area contributed by atoms with E-state index in [0.717, 1.165) is 6.08 Å². The van der Waals surface area contributed by atoms with Crippen molar-refractivity contribution in [3.8, 4) is 0 Å². The first-order chi connectivity index (χ1) is 10.1. The van der Waals surface area contributed by atoms with Gasteiger partial charge in [0.2, 0.25) is 0 Å². The average Bonchev–Trinajstić information content (AvgIpc) is 2.37. The van der Waals surface area contributed by atoms with E-state index < -0.39 is 40.5 Å². The summed E-state index contributed by atoms with van der Waals surface area (Å²) in [6.07, 6.45) is 1.79. The van der Waals surface area contributed by atoms with Gasteiger partial charge in [-0.3, -0.25) is 0 Å². The molecule has 0 unspecified atom stereocenters. The third-order valence-corrected chi connectivity index (χ3v) is 2.41. The zero-order valence-electron chi connectivity index (χ0n) is 12.5. The smallest absolute Gasteiger partial charge is 0.407 e. The van der Waals surface area contributed by atoms with Gasteiger partial charge < -0.3 is 10.1 Å². The number of benzene rings is 1. The molecule has 122 valence electrons. The largest absolute Gasteiger partial charge is 0.444 e. The van der Waals surface area contributed by atoms with Gasteiger partial charge in [0.25, 0.3) is 0 Å². The maximum atomic E-state index is 13.3. The van der Waals surface area contributed by atoms with Gasteiger partial charge in [-0.05, 0) is 27.2 Å². The molecule has 1 aromatic carbocycles. The minimum Gasteiger partial charge on any atom is -0.444 e. The Kier molecular flexibility index (Phi) is 5.96. The molecule has 0 saturated heterocycles. The monoisotopic (exact) mass is 319 g/mol. The summed E-state index contributed by atoms with van der Waals surface area (Å²) in [6, 6.07) is 0.145. The van der Waals surface area contributed by atoms with Crippen LogP contribution in [0.5, 0.6) is 0 Å². The molecule has 0 heterocycles. The van der Waals surface area contributed by atoms with E-state index in [2.05, 4.69) is 5.32 Å². The van der Waals surface area contributed by atoms with Crippen molar-refractivity contribution in [2.75, 3.05) is 6.54 Å². The summed E-state index contributed by atoms with van der Waals surface area (Å²) >= 11 is 0. The van der Waals surface area contributed by atoms with Crippen LogP contribution in [-0.2, 0) is 4.74 Å². The van der Waals surface area contributed by atoms with Crippen LogP contribution in [0.25, 0.3) is 6.08 Å². The first-order valence-corrected chi connectivity index (χ1v) is 6.58. The summed E-state index contributed by atoms with van der Waals surface area (Å²) < 4.78 is 57.6. The number of hydrogen-bond acceptors (Lipinski definition) is 2. The Morgan fingerprint density at radius 2 is 1.73 bits per heavy atom. The zero-order valence-corrected chi connectivity index (χ0v) is 12.5. The Labute approximate surface area is 126 Å². The van der Waals surface area contributed by atoms with Crippen LogP contribution in [0.1, 0.15) is 32.8 Å². The van der Waals surface area contributed by atoms with Crippen molar-refractivity contribution in [3.05, 3.63) is 41.0 Å². The maximum Gasteiger partial charge on any atom is 0.407 e. The van der Waals surface area contributed by atoms with Gasteiger partial charge in [-0.2, -0.15) is 0 Å². The number of carbonyl (C=O) groups is 1. The van der Waals surface area contributed by atoms with Gasteiger partial charge in [-0.25, -0.2) is 22.4 Å². The van der Waals surface area contributed by atoms with E-state index in [4.69, 9.17) is 4.74 Å². The van der Waals surface area contributed by atoms with Crippen LogP contribution in [0.15, 0.2) is 12.1 Å². The Balaban J connectivity index is 2.56. The standard InChI is InChI=1S/C15H17F4NO2/c1-15(2,3)22-14(21)20-7-5-4-6-9-12(18)10(16)8-11(17)13(9)19/h4,6,8H,5,7H2,1-3H3,(H,20,21). The fourth-order valence-corrected chi connectivity index (χ4v) is 1.51. The van der Waals surface area contributed by atoms with Gasteiger partial charge in [0.1, 0.15) is 5.60 Å². The van der Waals surface area contributed by atoms with Crippen molar-refractivity contribution in [2.45, 2.75) is 32.8 Å². The number of alkyl carbamates (subject to hydrolysis) is 1. The first kappa shape index (κ1) is 18.0. The van der Waals surface area contributed by atoms with Crippen molar-refractivity contribution in [2.24, 2.45) is 0 Å². The third kappa shape index (κ3) is 5.38. The van der Waals surface area contributed by atoms with E-state index in [0.29, 0.717) is 0 Å². The van der Waals surface area contributed by atoms with Crippen molar-refractivity contribution in [1.29, 1.82) is 0 Å². The molecule has 3 nitrogen and oxygen atoms in total. The van der Waals surface area contributed by atoms with E-state index >= 15 is 0 Å².